The Hall–Kier alpha value is -3.75. The summed E-state index contributed by atoms with van der Waals surface area (Å²) in [7, 11) is -8.08. The second kappa shape index (κ2) is 22.2. The molecule has 0 nitrogen and oxygen atoms in total. The highest BCUT2D eigenvalue weighted by atomic mass is 28.3. The molecule has 0 N–H and O–H groups in total. The molecule has 0 aromatic heterocycles. The van der Waals surface area contributed by atoms with Crippen molar-refractivity contribution in [2.75, 3.05) is 0 Å². The average Bonchev–Trinajstić information content (AvgIpc) is 3.24. The van der Waals surface area contributed by atoms with Crippen molar-refractivity contribution in [2.45, 2.75) is 233 Å². The molecule has 0 saturated heterocycles. The van der Waals surface area contributed by atoms with Gasteiger partial charge in [0, 0.05) is 22.3 Å². The summed E-state index contributed by atoms with van der Waals surface area (Å²) < 4.78 is 0. The summed E-state index contributed by atoms with van der Waals surface area (Å²) in [6, 6.07) is 23.7. The van der Waals surface area contributed by atoms with Gasteiger partial charge in [-0.1, -0.05) is 202 Å². The zero-order chi connectivity index (χ0) is 52.6. The van der Waals surface area contributed by atoms with E-state index in [4.69, 9.17) is 0 Å². The fraction of sp³-hybridized carbons (Fsp3) is 0.545. The van der Waals surface area contributed by atoms with Crippen LogP contribution in [0.1, 0.15) is 188 Å². The van der Waals surface area contributed by atoms with Gasteiger partial charge >= 0.3 is 0 Å². The first-order valence-electron chi connectivity index (χ1n) is 27.6. The molecule has 5 aromatic carbocycles. The number of hydrogen-bond donors (Lipinski definition) is 0. The summed E-state index contributed by atoms with van der Waals surface area (Å²) in [5, 5.41) is 9.72. The molecule has 0 atom stereocenters. The van der Waals surface area contributed by atoms with E-state index in [1.54, 1.807) is 0 Å². The van der Waals surface area contributed by atoms with Crippen LogP contribution in [0.4, 0.5) is 0 Å². The second-order valence-corrected chi connectivity index (χ2v) is 47.6. The first kappa shape index (κ1) is 57.2. The highest BCUT2D eigenvalue weighted by Gasteiger charge is 2.44. The van der Waals surface area contributed by atoms with E-state index in [0.717, 1.165) is 22.3 Å². The summed E-state index contributed by atoms with van der Waals surface area (Å²) in [5.41, 5.74) is 27.6. The third-order valence-corrected chi connectivity index (χ3v) is 43.3. The van der Waals surface area contributed by atoms with E-state index < -0.39 is 32.3 Å². The Morgan fingerprint density at radius 3 is 0.657 bits per heavy atom. The highest BCUT2D eigenvalue weighted by Crippen LogP contribution is 2.46. The van der Waals surface area contributed by atoms with Crippen molar-refractivity contribution in [3.05, 3.63) is 82.9 Å². The van der Waals surface area contributed by atoms with E-state index in [0.29, 0.717) is 66.5 Å². The van der Waals surface area contributed by atoms with E-state index >= 15 is 0 Å². The largest absolute Gasteiger partial charge is 0.146 e. The molecule has 0 heterocycles. The molecule has 0 spiro atoms. The van der Waals surface area contributed by atoms with Crippen LogP contribution in [0.15, 0.2) is 60.7 Å². The lowest BCUT2D eigenvalue weighted by atomic mass is 9.88. The van der Waals surface area contributed by atoms with Gasteiger partial charge in [0.15, 0.2) is 0 Å². The van der Waals surface area contributed by atoms with Gasteiger partial charge in [-0.25, -0.2) is 0 Å². The quantitative estimate of drug-likeness (QED) is 0.0664. The minimum absolute atomic E-state index is 0.522. The van der Waals surface area contributed by atoms with Crippen molar-refractivity contribution in [3.63, 3.8) is 0 Å². The van der Waals surface area contributed by atoms with Crippen LogP contribution in [-0.4, -0.2) is 32.3 Å². The minimum atomic E-state index is -2.12. The van der Waals surface area contributed by atoms with E-state index in [1.165, 1.54) is 43.1 Å². The summed E-state index contributed by atoms with van der Waals surface area (Å²) in [6.07, 6.45) is 0. The van der Waals surface area contributed by atoms with Crippen LogP contribution in [0, 0.1) is 45.9 Å². The van der Waals surface area contributed by atoms with Crippen LogP contribution in [0.25, 0.3) is 43.1 Å². The normalized spacial score (nSPS) is 13.1. The smallest absolute Gasteiger partial charge is 0.125 e. The molecule has 0 amide bonds. The molecule has 0 saturated carbocycles. The van der Waals surface area contributed by atoms with Crippen molar-refractivity contribution in [1.82, 2.24) is 0 Å². The SMILES string of the molecule is CC(C)[Si](C#Cc1ccc2cc3c(C#C[Si](C(C)C)(C(C)C)C(C)C)c4cc5cc(C#C[Si](C(C)C)(C(C)C)C(C)C)ccc5cc4c(C#C[Si](C(C)C)(C(C)C)C(C)C)c3cc2c1)(C(C)C)C(C)C. The molecule has 0 aliphatic heterocycles. The lowest BCUT2D eigenvalue weighted by Crippen LogP contribution is -2.43. The topological polar surface area (TPSA) is 0 Å². The maximum Gasteiger partial charge on any atom is 0.146 e. The number of fused-ring (bicyclic) bond motifs is 4. The number of rotatable bonds is 12. The first-order chi connectivity index (χ1) is 32.6. The molecule has 0 unspecified atom stereocenters. The lowest BCUT2D eigenvalue weighted by Gasteiger charge is -2.38. The van der Waals surface area contributed by atoms with Gasteiger partial charge in [0.1, 0.15) is 32.3 Å². The standard InChI is InChI=1S/C66H94Si4/c1-43(2)67(44(3)4,45(5)6)33-29-55-25-27-57-39-63-62(32-36-70(52(19)20,53(21)22)54(23)24)66-42-60-38-56(30-34-68(46(7)8,47(9)10)48(11)12)26-28-58(60)40-64(66)61(65(63)41-59(57)37-55)31-35-69(49(13)14,50(15)16)51(17)18/h25-28,37-54H,1-24H3. The van der Waals surface area contributed by atoms with Gasteiger partial charge in [0.2, 0.25) is 0 Å². The molecule has 0 aliphatic rings. The maximum atomic E-state index is 4.22. The molecule has 0 bridgehead atoms. The molecule has 5 aromatic rings. The Morgan fingerprint density at radius 2 is 0.443 bits per heavy atom. The van der Waals surface area contributed by atoms with Crippen molar-refractivity contribution in [2.24, 2.45) is 0 Å². The van der Waals surface area contributed by atoms with Crippen LogP contribution in [0.5, 0.6) is 0 Å². The predicted molar refractivity (Wildman–Crippen MR) is 328 cm³/mol. The van der Waals surface area contributed by atoms with Crippen molar-refractivity contribution < 1.29 is 0 Å². The van der Waals surface area contributed by atoms with Gasteiger partial charge in [-0.15, -0.1) is 22.2 Å². The van der Waals surface area contributed by atoms with Crippen molar-refractivity contribution in [3.8, 4) is 45.9 Å². The van der Waals surface area contributed by atoms with Gasteiger partial charge < -0.3 is 0 Å². The Bertz CT molecular complexity index is 2670. The van der Waals surface area contributed by atoms with Gasteiger partial charge in [0.25, 0.3) is 0 Å². The molecule has 70 heavy (non-hydrogen) atoms. The zero-order valence-corrected chi connectivity index (χ0v) is 52.7. The van der Waals surface area contributed by atoms with E-state index in [2.05, 4.69) is 273 Å². The molecular weight excluding hydrogens is 905 g/mol. The summed E-state index contributed by atoms with van der Waals surface area (Å²) in [6.45, 7) is 58.0. The minimum Gasteiger partial charge on any atom is -0.125 e. The third-order valence-electron chi connectivity index (χ3n) is 18.1. The van der Waals surface area contributed by atoms with E-state index in [9.17, 15) is 0 Å². The van der Waals surface area contributed by atoms with Crippen LogP contribution in [-0.2, 0) is 0 Å². The summed E-state index contributed by atoms with van der Waals surface area (Å²) in [4.78, 5) is 0. The molecule has 0 aliphatic carbocycles. The number of hydrogen-bond acceptors (Lipinski definition) is 0. The monoisotopic (exact) mass is 999 g/mol. The van der Waals surface area contributed by atoms with Gasteiger partial charge in [-0.2, -0.15) is 0 Å². The molecule has 4 heteroatoms. The second-order valence-electron chi connectivity index (χ2n) is 25.3. The predicted octanol–water partition coefficient (Wildman–Crippen LogP) is 20.6. The Kier molecular flexibility index (Phi) is 18.1. The Labute approximate surface area is 434 Å². The molecule has 0 fully saturated rings. The van der Waals surface area contributed by atoms with Crippen LogP contribution in [0.2, 0.25) is 66.5 Å². The van der Waals surface area contributed by atoms with Gasteiger partial charge in [0.05, 0.1) is 0 Å². The Balaban J connectivity index is 2.05. The summed E-state index contributed by atoms with van der Waals surface area (Å²) >= 11 is 0. The van der Waals surface area contributed by atoms with Gasteiger partial charge in [-0.05, 0) is 158 Å². The third kappa shape index (κ3) is 10.3. The Morgan fingerprint density at radius 1 is 0.243 bits per heavy atom. The van der Waals surface area contributed by atoms with E-state index in [1.807, 2.05) is 0 Å². The van der Waals surface area contributed by atoms with Crippen molar-refractivity contribution in [1.29, 1.82) is 0 Å². The van der Waals surface area contributed by atoms with Crippen molar-refractivity contribution >= 4 is 75.4 Å². The van der Waals surface area contributed by atoms with E-state index in [-0.39, 0.29) is 0 Å². The fourth-order valence-electron chi connectivity index (χ4n) is 14.6. The molecule has 374 valence electrons. The average molecular weight is 1000 g/mol. The molecule has 5 rings (SSSR count). The van der Waals surface area contributed by atoms with Crippen LogP contribution >= 0.6 is 0 Å². The number of benzene rings is 5. The van der Waals surface area contributed by atoms with Crippen LogP contribution in [0.3, 0.4) is 0 Å². The molecular formula is C66H94Si4. The first-order valence-corrected chi connectivity index (χ1v) is 36.5. The highest BCUT2D eigenvalue weighted by molar-refractivity contribution is 6.92. The fourth-order valence-corrected chi connectivity index (χ4v) is 35.4. The van der Waals surface area contributed by atoms with Gasteiger partial charge in [-0.3, -0.25) is 0 Å². The zero-order valence-electron chi connectivity index (χ0n) is 48.7. The lowest BCUT2D eigenvalue weighted by molar-refractivity contribution is 0.838. The summed E-state index contributed by atoms with van der Waals surface area (Å²) in [5.74, 6) is 15.8. The maximum absolute atomic E-state index is 4.22. The molecule has 0 radical (unpaired) electrons. The van der Waals surface area contributed by atoms with Crippen LogP contribution < -0.4 is 0 Å².